The molecule has 5 nitrogen and oxygen atoms in total. The number of ether oxygens (including phenoxy) is 2. The van der Waals surface area contributed by atoms with Crippen molar-refractivity contribution in [3.63, 3.8) is 0 Å². The lowest BCUT2D eigenvalue weighted by Crippen LogP contribution is -2.23. The van der Waals surface area contributed by atoms with Crippen LogP contribution in [0.1, 0.15) is 4.88 Å². The van der Waals surface area contributed by atoms with Crippen LogP contribution in [0.5, 0.6) is 5.75 Å². The first-order valence-corrected chi connectivity index (χ1v) is 8.03. The van der Waals surface area contributed by atoms with E-state index in [1.807, 2.05) is 17.5 Å². The van der Waals surface area contributed by atoms with E-state index in [1.54, 1.807) is 35.6 Å². The van der Waals surface area contributed by atoms with Gasteiger partial charge in [0, 0.05) is 22.4 Å². The molecular formula is C17H16O5S. The van der Waals surface area contributed by atoms with Gasteiger partial charge in [-0.25, -0.2) is 4.79 Å². The van der Waals surface area contributed by atoms with Gasteiger partial charge in [0.15, 0.2) is 0 Å². The van der Waals surface area contributed by atoms with Crippen LogP contribution in [0.3, 0.4) is 0 Å². The summed E-state index contributed by atoms with van der Waals surface area (Å²) in [6.07, 6.45) is -0.728. The minimum Gasteiger partial charge on any atom is -0.491 e. The van der Waals surface area contributed by atoms with Crippen molar-refractivity contribution < 1.29 is 19.0 Å². The van der Waals surface area contributed by atoms with Gasteiger partial charge in [0.05, 0.1) is 13.2 Å². The molecule has 6 heteroatoms. The minimum atomic E-state index is -0.728. The number of hydrogen-bond acceptors (Lipinski definition) is 6. The van der Waals surface area contributed by atoms with Crippen molar-refractivity contribution in [3.8, 4) is 5.75 Å². The molecule has 2 heterocycles. The second-order valence-electron chi connectivity index (χ2n) is 5.01. The highest BCUT2D eigenvalue weighted by Gasteiger charge is 2.07. The molecule has 0 saturated carbocycles. The zero-order chi connectivity index (χ0) is 16.1. The number of thiophene rings is 1. The van der Waals surface area contributed by atoms with Crippen LogP contribution in [-0.4, -0.2) is 24.4 Å². The largest absolute Gasteiger partial charge is 0.491 e. The van der Waals surface area contributed by atoms with Crippen LogP contribution in [0.25, 0.3) is 11.0 Å². The molecule has 1 N–H and O–H groups in total. The molecule has 1 aromatic carbocycles. The van der Waals surface area contributed by atoms with Gasteiger partial charge in [-0.15, -0.1) is 11.3 Å². The normalized spacial score (nSPS) is 12.4. The van der Waals surface area contributed by atoms with Crippen LogP contribution in [0.2, 0.25) is 0 Å². The molecule has 0 amide bonds. The molecule has 120 valence electrons. The van der Waals surface area contributed by atoms with E-state index in [2.05, 4.69) is 0 Å². The number of fused-ring (bicyclic) bond motifs is 1. The predicted molar refractivity (Wildman–Crippen MR) is 88.0 cm³/mol. The average molecular weight is 332 g/mol. The van der Waals surface area contributed by atoms with Crippen molar-refractivity contribution in [1.29, 1.82) is 0 Å². The first-order chi connectivity index (χ1) is 11.2. The summed E-state index contributed by atoms with van der Waals surface area (Å²) in [5.74, 6) is 0.532. The van der Waals surface area contributed by atoms with Crippen molar-refractivity contribution in [3.05, 3.63) is 63.1 Å². The lowest BCUT2D eigenvalue weighted by atomic mass is 10.2. The second-order valence-corrected chi connectivity index (χ2v) is 6.05. The van der Waals surface area contributed by atoms with Crippen LogP contribution < -0.4 is 10.4 Å². The number of aliphatic hydroxyl groups is 1. The highest BCUT2D eigenvalue weighted by atomic mass is 32.1. The van der Waals surface area contributed by atoms with Gasteiger partial charge < -0.3 is 19.0 Å². The lowest BCUT2D eigenvalue weighted by molar-refractivity contribution is 0.00626. The van der Waals surface area contributed by atoms with Crippen LogP contribution >= 0.6 is 11.3 Å². The van der Waals surface area contributed by atoms with Crippen molar-refractivity contribution >= 4 is 22.3 Å². The first-order valence-electron chi connectivity index (χ1n) is 7.15. The standard InChI is InChI=1S/C17H16O5S/c18-13(9-20-11-15-2-1-7-23-15)10-21-14-5-3-12-4-6-17(19)22-16(12)8-14/h1-8,13,18H,9-11H2/t13-/m0/s1. The fourth-order valence-corrected chi connectivity index (χ4v) is 2.70. The second kappa shape index (κ2) is 7.41. The number of hydrogen-bond donors (Lipinski definition) is 1. The molecule has 0 unspecified atom stereocenters. The number of rotatable bonds is 7. The molecule has 1 atom stereocenters. The molecule has 3 aromatic rings. The van der Waals surface area contributed by atoms with Crippen LogP contribution in [0.4, 0.5) is 0 Å². The topological polar surface area (TPSA) is 68.9 Å². The van der Waals surface area contributed by atoms with E-state index in [-0.39, 0.29) is 13.2 Å². The Morgan fingerprint density at radius 3 is 2.87 bits per heavy atom. The smallest absolute Gasteiger partial charge is 0.336 e. The Kier molecular flexibility index (Phi) is 5.07. The van der Waals surface area contributed by atoms with Crippen molar-refractivity contribution in [2.75, 3.05) is 13.2 Å². The van der Waals surface area contributed by atoms with E-state index in [9.17, 15) is 9.90 Å². The van der Waals surface area contributed by atoms with E-state index in [0.29, 0.717) is 17.9 Å². The van der Waals surface area contributed by atoms with Gasteiger partial charge in [0.2, 0.25) is 0 Å². The molecule has 23 heavy (non-hydrogen) atoms. The number of aliphatic hydroxyl groups excluding tert-OH is 1. The summed E-state index contributed by atoms with van der Waals surface area (Å²) in [4.78, 5) is 12.3. The lowest BCUT2D eigenvalue weighted by Gasteiger charge is -2.12. The van der Waals surface area contributed by atoms with E-state index in [4.69, 9.17) is 13.9 Å². The van der Waals surface area contributed by atoms with Gasteiger partial charge in [-0.1, -0.05) is 6.07 Å². The molecule has 0 radical (unpaired) electrons. The highest BCUT2D eigenvalue weighted by molar-refractivity contribution is 7.09. The molecule has 0 aliphatic carbocycles. The molecule has 0 fully saturated rings. The van der Waals surface area contributed by atoms with Crippen LogP contribution in [0, 0.1) is 0 Å². The molecule has 0 bridgehead atoms. The van der Waals surface area contributed by atoms with Crippen LogP contribution in [-0.2, 0) is 11.3 Å². The molecule has 2 aromatic heterocycles. The van der Waals surface area contributed by atoms with Crippen molar-refractivity contribution in [1.82, 2.24) is 0 Å². The van der Waals surface area contributed by atoms with E-state index >= 15 is 0 Å². The SMILES string of the molecule is O=c1ccc2ccc(OC[C@@H](O)COCc3cccs3)cc2o1. The Bertz CT molecular complexity index is 809. The van der Waals surface area contributed by atoms with Crippen molar-refractivity contribution in [2.24, 2.45) is 0 Å². The Balaban J connectivity index is 1.50. The van der Waals surface area contributed by atoms with Gasteiger partial charge in [0.25, 0.3) is 0 Å². The predicted octanol–water partition coefficient (Wildman–Crippen LogP) is 2.81. The third kappa shape index (κ3) is 4.41. The number of benzene rings is 1. The Labute approximate surface area is 136 Å². The maximum Gasteiger partial charge on any atom is 0.336 e. The summed E-state index contributed by atoms with van der Waals surface area (Å²) in [5.41, 5.74) is 0.0510. The first kappa shape index (κ1) is 15.7. The van der Waals surface area contributed by atoms with E-state index in [0.717, 1.165) is 10.3 Å². The van der Waals surface area contributed by atoms with E-state index < -0.39 is 11.7 Å². The van der Waals surface area contributed by atoms with Gasteiger partial charge in [-0.3, -0.25) is 0 Å². The van der Waals surface area contributed by atoms with E-state index in [1.165, 1.54) is 6.07 Å². The monoisotopic (exact) mass is 332 g/mol. The molecule has 0 aliphatic heterocycles. The maximum atomic E-state index is 11.2. The summed E-state index contributed by atoms with van der Waals surface area (Å²) in [7, 11) is 0. The molecule has 0 saturated heterocycles. The van der Waals surface area contributed by atoms with Crippen molar-refractivity contribution in [2.45, 2.75) is 12.7 Å². The molecule has 0 aliphatic rings. The third-order valence-electron chi connectivity index (χ3n) is 3.17. The Morgan fingerprint density at radius 1 is 1.17 bits per heavy atom. The third-order valence-corrected chi connectivity index (χ3v) is 4.02. The fraction of sp³-hybridized carbons (Fsp3) is 0.235. The van der Waals surface area contributed by atoms with Gasteiger partial charge in [-0.2, -0.15) is 0 Å². The molecular weight excluding hydrogens is 316 g/mol. The maximum absolute atomic E-state index is 11.2. The van der Waals surface area contributed by atoms with Crippen LogP contribution in [0.15, 0.2) is 57.1 Å². The summed E-state index contributed by atoms with van der Waals surface area (Å²) in [6.45, 7) is 0.781. The van der Waals surface area contributed by atoms with Gasteiger partial charge in [-0.05, 0) is 29.6 Å². The molecule has 3 rings (SSSR count). The average Bonchev–Trinajstić information content (AvgIpc) is 3.06. The van der Waals surface area contributed by atoms with Gasteiger partial charge >= 0.3 is 5.63 Å². The zero-order valence-electron chi connectivity index (χ0n) is 12.3. The summed E-state index contributed by atoms with van der Waals surface area (Å²) in [5, 5.41) is 12.7. The Hall–Kier alpha value is -2.15. The van der Waals surface area contributed by atoms with Gasteiger partial charge in [0.1, 0.15) is 24.0 Å². The molecule has 0 spiro atoms. The zero-order valence-corrected chi connectivity index (χ0v) is 13.1. The Morgan fingerprint density at radius 2 is 2.04 bits per heavy atom. The summed E-state index contributed by atoms with van der Waals surface area (Å²) in [6, 6.07) is 12.2. The fourth-order valence-electron chi connectivity index (χ4n) is 2.06. The quantitative estimate of drug-likeness (QED) is 0.674. The summed E-state index contributed by atoms with van der Waals surface area (Å²) >= 11 is 1.61. The highest BCUT2D eigenvalue weighted by Crippen LogP contribution is 2.19. The summed E-state index contributed by atoms with van der Waals surface area (Å²) < 4.78 is 16.0. The minimum absolute atomic E-state index is 0.104.